The van der Waals surface area contributed by atoms with Gasteiger partial charge in [0.15, 0.2) is 0 Å². The summed E-state index contributed by atoms with van der Waals surface area (Å²) < 4.78 is 18.3. The van der Waals surface area contributed by atoms with Crippen LogP contribution >= 0.6 is 11.8 Å². The predicted octanol–water partition coefficient (Wildman–Crippen LogP) is 3.32. The topological polar surface area (TPSA) is 21.3 Å². The van der Waals surface area contributed by atoms with Gasteiger partial charge in [0.05, 0.1) is 6.61 Å². The number of benzene rings is 1. The molecule has 0 aliphatic rings. The van der Waals surface area contributed by atoms with Crippen LogP contribution < -0.4 is 5.32 Å². The summed E-state index contributed by atoms with van der Waals surface area (Å²) in [5, 5.41) is 3.40. The fraction of sp³-hybridized carbons (Fsp3) is 0.571. The Kier molecular flexibility index (Phi) is 8.05. The molecule has 0 heterocycles. The van der Waals surface area contributed by atoms with E-state index < -0.39 is 0 Å². The molecule has 0 spiro atoms. The lowest BCUT2D eigenvalue weighted by atomic mass is 10.3. The van der Waals surface area contributed by atoms with Crippen molar-refractivity contribution in [3.8, 4) is 0 Å². The van der Waals surface area contributed by atoms with Crippen LogP contribution in [-0.4, -0.2) is 31.6 Å². The van der Waals surface area contributed by atoms with E-state index in [1.54, 1.807) is 11.8 Å². The molecule has 0 fully saturated rings. The van der Waals surface area contributed by atoms with Gasteiger partial charge in [0.25, 0.3) is 0 Å². The first-order chi connectivity index (χ1) is 8.76. The van der Waals surface area contributed by atoms with Crippen molar-refractivity contribution < 1.29 is 9.13 Å². The summed E-state index contributed by atoms with van der Waals surface area (Å²) in [6, 6.07) is 6.97. The maximum Gasteiger partial charge on any atom is 0.123 e. The smallest absolute Gasteiger partial charge is 0.123 e. The maximum atomic E-state index is 12.8. The molecule has 0 bridgehead atoms. The number of likely N-dealkylation sites (N-methyl/N-ethyl adjacent to an activating group) is 1. The Bertz CT molecular complexity index is 318. The Hall–Kier alpha value is -0.580. The Morgan fingerprint density at radius 1 is 1.28 bits per heavy atom. The van der Waals surface area contributed by atoms with E-state index in [1.165, 1.54) is 12.1 Å². The Labute approximate surface area is 113 Å². The first-order valence-electron chi connectivity index (χ1n) is 6.45. The zero-order valence-corrected chi connectivity index (χ0v) is 11.9. The first kappa shape index (κ1) is 15.5. The van der Waals surface area contributed by atoms with E-state index in [9.17, 15) is 4.39 Å². The van der Waals surface area contributed by atoms with Crippen molar-refractivity contribution in [3.05, 3.63) is 30.1 Å². The van der Waals surface area contributed by atoms with Crippen LogP contribution in [0.5, 0.6) is 0 Å². The molecule has 0 radical (unpaired) electrons. The Morgan fingerprint density at radius 2 is 2.00 bits per heavy atom. The molecule has 1 atom stereocenters. The molecule has 4 heteroatoms. The third-order valence-electron chi connectivity index (χ3n) is 2.43. The van der Waals surface area contributed by atoms with Crippen LogP contribution in [0.4, 0.5) is 4.39 Å². The van der Waals surface area contributed by atoms with Crippen molar-refractivity contribution in [2.24, 2.45) is 0 Å². The monoisotopic (exact) mass is 271 g/mol. The molecule has 1 rings (SSSR count). The highest BCUT2D eigenvalue weighted by Gasteiger charge is 2.08. The van der Waals surface area contributed by atoms with Crippen LogP contribution in [0, 0.1) is 5.82 Å². The SMILES string of the molecule is CCCOCC(CSc1ccc(F)cc1)NCC. The molecule has 0 aliphatic carbocycles. The Morgan fingerprint density at radius 3 is 2.61 bits per heavy atom. The molecule has 0 aliphatic heterocycles. The third-order valence-corrected chi connectivity index (χ3v) is 3.60. The molecule has 0 saturated carbocycles. The highest BCUT2D eigenvalue weighted by Crippen LogP contribution is 2.19. The van der Waals surface area contributed by atoms with Crippen molar-refractivity contribution in [3.63, 3.8) is 0 Å². The number of ether oxygens (including phenoxy) is 1. The molecule has 102 valence electrons. The molecule has 1 aromatic rings. The number of hydrogen-bond donors (Lipinski definition) is 1. The van der Waals surface area contributed by atoms with E-state index in [4.69, 9.17) is 4.74 Å². The van der Waals surface area contributed by atoms with Crippen LogP contribution in [0.25, 0.3) is 0 Å². The van der Waals surface area contributed by atoms with Crippen LogP contribution in [0.1, 0.15) is 20.3 Å². The predicted molar refractivity (Wildman–Crippen MR) is 75.7 cm³/mol. The van der Waals surface area contributed by atoms with Crippen molar-refractivity contribution >= 4 is 11.8 Å². The average Bonchev–Trinajstić information content (AvgIpc) is 2.38. The van der Waals surface area contributed by atoms with Gasteiger partial charge in [-0.05, 0) is 37.2 Å². The van der Waals surface area contributed by atoms with Gasteiger partial charge in [-0.1, -0.05) is 13.8 Å². The van der Waals surface area contributed by atoms with Gasteiger partial charge in [0.1, 0.15) is 5.82 Å². The third kappa shape index (κ3) is 6.38. The highest BCUT2D eigenvalue weighted by molar-refractivity contribution is 7.99. The number of halogens is 1. The summed E-state index contributed by atoms with van der Waals surface area (Å²) in [4.78, 5) is 1.09. The van der Waals surface area contributed by atoms with Crippen LogP contribution in [0.3, 0.4) is 0 Å². The van der Waals surface area contributed by atoms with E-state index in [1.807, 2.05) is 12.1 Å². The van der Waals surface area contributed by atoms with E-state index in [2.05, 4.69) is 19.2 Å². The van der Waals surface area contributed by atoms with Gasteiger partial charge in [-0.3, -0.25) is 0 Å². The summed E-state index contributed by atoms with van der Waals surface area (Å²) in [7, 11) is 0. The minimum absolute atomic E-state index is 0.186. The zero-order chi connectivity index (χ0) is 13.2. The normalized spacial score (nSPS) is 12.6. The minimum Gasteiger partial charge on any atom is -0.380 e. The molecule has 0 aromatic heterocycles. The molecule has 0 saturated heterocycles. The first-order valence-corrected chi connectivity index (χ1v) is 7.44. The Balaban J connectivity index is 2.33. The minimum atomic E-state index is -0.186. The van der Waals surface area contributed by atoms with Crippen molar-refractivity contribution in [2.45, 2.75) is 31.2 Å². The standard InChI is InChI=1S/C14H22FNOS/c1-3-9-17-10-13(16-4-2)11-18-14-7-5-12(15)6-8-14/h5-8,13,16H,3-4,9-11H2,1-2H3. The molecule has 0 amide bonds. The van der Waals surface area contributed by atoms with E-state index in [0.29, 0.717) is 6.04 Å². The summed E-state index contributed by atoms with van der Waals surface area (Å²) in [6.07, 6.45) is 1.05. The molecular formula is C14H22FNOS. The van der Waals surface area contributed by atoms with E-state index in [0.717, 1.165) is 36.8 Å². The van der Waals surface area contributed by atoms with Gasteiger partial charge in [-0.25, -0.2) is 4.39 Å². The largest absolute Gasteiger partial charge is 0.380 e. The van der Waals surface area contributed by atoms with Crippen molar-refractivity contribution in [1.29, 1.82) is 0 Å². The van der Waals surface area contributed by atoms with Crippen molar-refractivity contribution in [2.75, 3.05) is 25.5 Å². The average molecular weight is 271 g/mol. The summed E-state index contributed by atoms with van der Waals surface area (Å²) in [5.74, 6) is 0.747. The van der Waals surface area contributed by atoms with Gasteiger partial charge in [-0.15, -0.1) is 11.8 Å². The highest BCUT2D eigenvalue weighted by atomic mass is 32.2. The molecule has 2 nitrogen and oxygen atoms in total. The quantitative estimate of drug-likeness (QED) is 0.550. The molecular weight excluding hydrogens is 249 g/mol. The maximum absolute atomic E-state index is 12.8. The lowest BCUT2D eigenvalue weighted by molar-refractivity contribution is 0.117. The fourth-order valence-electron chi connectivity index (χ4n) is 1.55. The second kappa shape index (κ2) is 9.36. The number of hydrogen-bond acceptors (Lipinski definition) is 3. The summed E-state index contributed by atoms with van der Waals surface area (Å²) in [5.41, 5.74) is 0. The van der Waals surface area contributed by atoms with Gasteiger partial charge in [0.2, 0.25) is 0 Å². The zero-order valence-electron chi connectivity index (χ0n) is 11.1. The van der Waals surface area contributed by atoms with Gasteiger partial charge in [0, 0.05) is 23.3 Å². The van der Waals surface area contributed by atoms with Crippen LogP contribution in [0.2, 0.25) is 0 Å². The molecule has 1 unspecified atom stereocenters. The molecule has 1 N–H and O–H groups in total. The fourth-order valence-corrected chi connectivity index (χ4v) is 2.49. The summed E-state index contributed by atoms with van der Waals surface area (Å²) >= 11 is 1.73. The second-order valence-corrected chi connectivity index (χ2v) is 5.19. The van der Waals surface area contributed by atoms with Crippen LogP contribution in [-0.2, 0) is 4.74 Å². The van der Waals surface area contributed by atoms with Gasteiger partial charge < -0.3 is 10.1 Å². The second-order valence-electron chi connectivity index (χ2n) is 4.09. The van der Waals surface area contributed by atoms with Crippen molar-refractivity contribution in [1.82, 2.24) is 5.32 Å². The van der Waals surface area contributed by atoms with Gasteiger partial charge in [-0.2, -0.15) is 0 Å². The lowest BCUT2D eigenvalue weighted by Gasteiger charge is -2.17. The summed E-state index contributed by atoms with van der Waals surface area (Å²) in [6.45, 7) is 6.67. The van der Waals surface area contributed by atoms with E-state index in [-0.39, 0.29) is 5.82 Å². The lowest BCUT2D eigenvalue weighted by Crippen LogP contribution is -2.35. The number of thioether (sulfide) groups is 1. The molecule has 1 aromatic carbocycles. The molecule has 18 heavy (non-hydrogen) atoms. The van der Waals surface area contributed by atoms with Gasteiger partial charge >= 0.3 is 0 Å². The number of rotatable bonds is 9. The van der Waals surface area contributed by atoms with E-state index >= 15 is 0 Å². The van der Waals surface area contributed by atoms with Crippen LogP contribution in [0.15, 0.2) is 29.2 Å². The number of nitrogens with one attached hydrogen (secondary N) is 1.